The maximum atomic E-state index is 12.2. The second-order valence-corrected chi connectivity index (χ2v) is 13.7. The molecule has 1 aliphatic heterocycles. The maximum Gasteiger partial charge on any atom is 0.200 e. The SMILES string of the molecule is CC(C)[Si](O[C@H]1CC2=[N+]([O-])CCCCC2C1)(C(C)C)C(C)C. The molecule has 0 spiro atoms. The lowest BCUT2D eigenvalue weighted by Crippen LogP contribution is -2.50. The lowest BCUT2D eigenvalue weighted by molar-refractivity contribution is -0.460. The molecule has 2 rings (SSSR count). The van der Waals surface area contributed by atoms with Crippen molar-refractivity contribution in [2.24, 2.45) is 5.92 Å². The van der Waals surface area contributed by atoms with E-state index in [1.807, 2.05) is 0 Å². The lowest BCUT2D eigenvalue weighted by Gasteiger charge is -2.44. The number of rotatable bonds is 5. The molecule has 0 saturated heterocycles. The van der Waals surface area contributed by atoms with E-state index >= 15 is 0 Å². The molecule has 0 N–H and O–H groups in total. The lowest BCUT2D eigenvalue weighted by atomic mass is 10.0. The van der Waals surface area contributed by atoms with Crippen LogP contribution in [0.1, 0.15) is 73.6 Å². The van der Waals surface area contributed by atoms with Crippen LogP contribution >= 0.6 is 0 Å². The summed E-state index contributed by atoms with van der Waals surface area (Å²) in [5, 5.41) is 12.2. The van der Waals surface area contributed by atoms with Crippen molar-refractivity contribution >= 4 is 14.0 Å². The second-order valence-electron chi connectivity index (χ2n) is 8.28. The van der Waals surface area contributed by atoms with Crippen LogP contribution < -0.4 is 0 Å². The molecule has 2 aliphatic rings. The zero-order valence-electron chi connectivity index (χ0n) is 15.4. The zero-order chi connectivity index (χ0) is 16.5. The van der Waals surface area contributed by atoms with Crippen LogP contribution in [-0.4, -0.2) is 31.4 Å². The quantitative estimate of drug-likeness (QED) is 0.401. The van der Waals surface area contributed by atoms with Crippen LogP contribution in [0.25, 0.3) is 0 Å². The highest BCUT2D eigenvalue weighted by molar-refractivity contribution is 6.77. The number of fused-ring (bicyclic) bond motifs is 1. The Balaban J connectivity index is 2.19. The van der Waals surface area contributed by atoms with Gasteiger partial charge in [-0.3, -0.25) is 0 Å². The molecule has 2 atom stereocenters. The first-order valence-corrected chi connectivity index (χ1v) is 11.4. The van der Waals surface area contributed by atoms with Gasteiger partial charge in [0.15, 0.2) is 12.3 Å². The summed E-state index contributed by atoms with van der Waals surface area (Å²) in [6.45, 7) is 14.7. The normalized spacial score (nSPS) is 27.0. The first-order valence-electron chi connectivity index (χ1n) is 9.27. The van der Waals surface area contributed by atoms with E-state index in [4.69, 9.17) is 4.43 Å². The van der Waals surface area contributed by atoms with Crippen molar-refractivity contribution in [2.45, 2.75) is 96.4 Å². The second kappa shape index (κ2) is 7.04. The molecule has 1 aliphatic carbocycles. The van der Waals surface area contributed by atoms with Crippen molar-refractivity contribution in [3.8, 4) is 0 Å². The van der Waals surface area contributed by atoms with E-state index in [9.17, 15) is 5.21 Å². The molecule has 128 valence electrons. The van der Waals surface area contributed by atoms with Crippen molar-refractivity contribution in [3.63, 3.8) is 0 Å². The van der Waals surface area contributed by atoms with Crippen molar-refractivity contribution in [1.29, 1.82) is 0 Å². The largest absolute Gasteiger partial charge is 0.624 e. The summed E-state index contributed by atoms with van der Waals surface area (Å²) in [5.41, 5.74) is 2.99. The summed E-state index contributed by atoms with van der Waals surface area (Å²) in [5.74, 6) is 0.489. The van der Waals surface area contributed by atoms with Crippen LogP contribution in [0.2, 0.25) is 16.6 Å². The molecule has 1 heterocycles. The average molecular weight is 326 g/mol. The predicted octanol–water partition coefficient (Wildman–Crippen LogP) is 5.09. The van der Waals surface area contributed by atoms with Crippen molar-refractivity contribution in [1.82, 2.24) is 0 Å². The van der Waals surface area contributed by atoms with Gasteiger partial charge >= 0.3 is 0 Å². The molecular weight excluding hydrogens is 290 g/mol. The Bertz CT molecular complexity index is 396. The fourth-order valence-electron chi connectivity index (χ4n) is 5.10. The Morgan fingerprint density at radius 3 is 2.18 bits per heavy atom. The molecule has 22 heavy (non-hydrogen) atoms. The van der Waals surface area contributed by atoms with Crippen molar-refractivity contribution < 1.29 is 9.16 Å². The van der Waals surface area contributed by atoms with Gasteiger partial charge < -0.3 is 9.63 Å². The van der Waals surface area contributed by atoms with Crippen molar-refractivity contribution in [2.75, 3.05) is 6.54 Å². The average Bonchev–Trinajstić information content (AvgIpc) is 2.74. The molecular formula is C18H35NO2Si. The van der Waals surface area contributed by atoms with E-state index in [1.165, 1.54) is 17.6 Å². The van der Waals surface area contributed by atoms with Gasteiger partial charge in [-0.2, -0.15) is 0 Å². The van der Waals surface area contributed by atoms with Gasteiger partial charge in [0.25, 0.3) is 0 Å². The molecule has 1 fully saturated rings. The fourth-order valence-corrected chi connectivity index (χ4v) is 10.7. The van der Waals surface area contributed by atoms with Crippen LogP contribution in [0, 0.1) is 11.1 Å². The molecule has 0 aromatic carbocycles. The third kappa shape index (κ3) is 3.28. The van der Waals surface area contributed by atoms with Gasteiger partial charge in [0.1, 0.15) is 0 Å². The Kier molecular flexibility index (Phi) is 5.76. The topological polar surface area (TPSA) is 35.3 Å². The standard InChI is InChI=1S/C18H35NO2Si/c1-13(2)22(14(3)4,15(5)6)21-17-11-16-9-7-8-10-19(20)18(16)12-17/h13-17H,7-12H2,1-6H3/t16?,17-/m1/s1. The molecule has 0 bridgehead atoms. The summed E-state index contributed by atoms with van der Waals surface area (Å²) in [7, 11) is -1.83. The summed E-state index contributed by atoms with van der Waals surface area (Å²) in [4.78, 5) is 0. The van der Waals surface area contributed by atoms with Crippen molar-refractivity contribution in [3.05, 3.63) is 5.21 Å². The number of hydroxylamine groups is 1. The van der Waals surface area contributed by atoms with Crippen LogP contribution in [-0.2, 0) is 4.43 Å². The molecule has 0 radical (unpaired) electrons. The molecule has 0 aromatic rings. The number of nitrogens with zero attached hydrogens (tertiary/aromatic N) is 1. The van der Waals surface area contributed by atoms with Crippen LogP contribution in [0.3, 0.4) is 0 Å². The van der Waals surface area contributed by atoms with E-state index < -0.39 is 8.32 Å². The molecule has 1 saturated carbocycles. The van der Waals surface area contributed by atoms with Crippen LogP contribution in [0.15, 0.2) is 0 Å². The van der Waals surface area contributed by atoms with E-state index in [-0.39, 0.29) is 6.10 Å². The zero-order valence-corrected chi connectivity index (χ0v) is 16.4. The molecule has 4 heteroatoms. The molecule has 1 unspecified atom stereocenters. The first kappa shape index (κ1) is 18.0. The van der Waals surface area contributed by atoms with Gasteiger partial charge in [-0.15, -0.1) is 0 Å². The van der Waals surface area contributed by atoms with Crippen LogP contribution in [0.4, 0.5) is 0 Å². The Labute approximate surface area is 137 Å². The predicted molar refractivity (Wildman–Crippen MR) is 96.0 cm³/mol. The summed E-state index contributed by atoms with van der Waals surface area (Å²) < 4.78 is 8.21. The highest BCUT2D eigenvalue weighted by Crippen LogP contribution is 2.45. The van der Waals surface area contributed by atoms with Gasteiger partial charge in [-0.05, 0) is 35.9 Å². The molecule has 0 aromatic heterocycles. The van der Waals surface area contributed by atoms with Gasteiger partial charge in [-0.1, -0.05) is 41.5 Å². The van der Waals surface area contributed by atoms with Gasteiger partial charge in [-0.25, -0.2) is 4.74 Å². The fraction of sp³-hybridized carbons (Fsp3) is 0.944. The highest BCUT2D eigenvalue weighted by atomic mass is 28.4. The van der Waals surface area contributed by atoms with E-state index in [0.717, 1.165) is 25.0 Å². The van der Waals surface area contributed by atoms with Gasteiger partial charge in [0, 0.05) is 12.3 Å². The summed E-state index contributed by atoms with van der Waals surface area (Å²) in [6, 6.07) is 0. The smallest absolute Gasteiger partial charge is 0.200 e. The Morgan fingerprint density at radius 2 is 1.64 bits per heavy atom. The van der Waals surface area contributed by atoms with E-state index in [1.54, 1.807) is 0 Å². The van der Waals surface area contributed by atoms with Gasteiger partial charge in [0.05, 0.1) is 12.5 Å². The third-order valence-corrected chi connectivity index (χ3v) is 12.2. The minimum absolute atomic E-state index is 0.286. The Morgan fingerprint density at radius 1 is 1.05 bits per heavy atom. The minimum atomic E-state index is -1.83. The number of hydrogen-bond acceptors (Lipinski definition) is 2. The van der Waals surface area contributed by atoms with Crippen LogP contribution in [0.5, 0.6) is 0 Å². The third-order valence-electron chi connectivity index (χ3n) is 6.02. The minimum Gasteiger partial charge on any atom is -0.624 e. The highest BCUT2D eigenvalue weighted by Gasteiger charge is 2.49. The molecule has 0 amide bonds. The number of hydrogen-bond donors (Lipinski definition) is 0. The summed E-state index contributed by atoms with van der Waals surface area (Å²) >= 11 is 0. The monoisotopic (exact) mass is 325 g/mol. The summed E-state index contributed by atoms with van der Waals surface area (Å²) in [6.07, 6.45) is 5.68. The molecule has 3 nitrogen and oxygen atoms in total. The Hall–Kier alpha value is -0.353. The van der Waals surface area contributed by atoms with E-state index in [0.29, 0.717) is 29.1 Å². The van der Waals surface area contributed by atoms with E-state index in [2.05, 4.69) is 41.5 Å². The first-order chi connectivity index (χ1) is 10.3. The maximum absolute atomic E-state index is 12.2. The van der Waals surface area contributed by atoms with Gasteiger partial charge in [0.2, 0.25) is 8.32 Å².